The number of amides is 1. The summed E-state index contributed by atoms with van der Waals surface area (Å²) in [6, 6.07) is 1.64. The number of sulfone groups is 1. The molecule has 0 aromatic heterocycles. The van der Waals surface area contributed by atoms with Crippen molar-refractivity contribution in [1.82, 2.24) is 4.90 Å². The van der Waals surface area contributed by atoms with Gasteiger partial charge >= 0.3 is 12.1 Å². The summed E-state index contributed by atoms with van der Waals surface area (Å²) in [7, 11) is -4.19. The molecular weight excluding hydrogens is 467 g/mol. The number of alkyl halides is 3. The molecule has 2 saturated heterocycles. The van der Waals surface area contributed by atoms with Crippen LogP contribution in [0.5, 0.6) is 5.75 Å². The van der Waals surface area contributed by atoms with Crippen LogP contribution < -0.4 is 4.74 Å². The fourth-order valence-corrected chi connectivity index (χ4v) is 5.74. The minimum atomic E-state index is -4.58. The first-order chi connectivity index (χ1) is 14.2. The van der Waals surface area contributed by atoms with Crippen molar-refractivity contribution in [1.29, 1.82) is 0 Å². The van der Waals surface area contributed by atoms with Crippen LogP contribution in [0.2, 0.25) is 5.02 Å². The summed E-state index contributed by atoms with van der Waals surface area (Å²) in [5, 5.41) is 7.89. The average Bonchev–Trinajstić information content (AvgIpc) is 3.09. The molecular formula is C18H19ClF3NO7S. The number of carboxylic acid groups (broad SMARTS) is 1. The molecule has 1 amide bonds. The lowest BCUT2D eigenvalue weighted by Crippen LogP contribution is -2.55. The third-order valence-electron chi connectivity index (χ3n) is 5.22. The van der Waals surface area contributed by atoms with E-state index in [1.54, 1.807) is 6.92 Å². The van der Waals surface area contributed by atoms with Crippen LogP contribution in [0.4, 0.5) is 13.2 Å². The molecule has 2 aliphatic heterocycles. The van der Waals surface area contributed by atoms with E-state index in [9.17, 15) is 36.3 Å². The predicted molar refractivity (Wildman–Crippen MR) is 101 cm³/mol. The summed E-state index contributed by atoms with van der Waals surface area (Å²) in [5.41, 5.74) is -0.915. The third-order valence-corrected chi connectivity index (χ3v) is 7.83. The van der Waals surface area contributed by atoms with Crippen molar-refractivity contribution in [3.05, 3.63) is 23.2 Å². The number of carbonyl (C=O) groups excluding carboxylic acids is 1. The Hall–Kier alpha value is -2.05. The molecule has 13 heteroatoms. The number of likely N-dealkylation sites (tertiary alicyclic amines) is 1. The Kier molecular flexibility index (Phi) is 6.20. The minimum absolute atomic E-state index is 0.108. The van der Waals surface area contributed by atoms with Crippen LogP contribution >= 0.6 is 11.6 Å². The SMILES string of the molecule is CC1(C(=O)N2C[C@H](S(=O)(=O)c3ccc(OCC(F)(F)F)cc3Cl)C[C@H]2C(=O)O)COC1. The molecule has 2 fully saturated rings. The fraction of sp³-hybridized carbons (Fsp3) is 0.556. The number of halogens is 4. The molecule has 0 saturated carbocycles. The summed E-state index contributed by atoms with van der Waals surface area (Å²) in [6.07, 6.45) is -4.92. The Morgan fingerprint density at radius 1 is 1.35 bits per heavy atom. The number of nitrogens with zero attached hydrogens (tertiary/aromatic N) is 1. The maximum absolute atomic E-state index is 13.1. The first kappa shape index (κ1) is 23.6. The van der Waals surface area contributed by atoms with Gasteiger partial charge in [0.1, 0.15) is 11.8 Å². The molecule has 8 nitrogen and oxygen atoms in total. The van der Waals surface area contributed by atoms with Crippen molar-refractivity contribution < 1.29 is 45.8 Å². The molecule has 2 aliphatic rings. The van der Waals surface area contributed by atoms with Crippen LogP contribution in [0.3, 0.4) is 0 Å². The molecule has 1 N–H and O–H groups in total. The number of aliphatic carboxylic acids is 1. The van der Waals surface area contributed by atoms with E-state index < -0.39 is 51.2 Å². The molecule has 1 aromatic rings. The van der Waals surface area contributed by atoms with Gasteiger partial charge in [0.2, 0.25) is 5.91 Å². The van der Waals surface area contributed by atoms with Gasteiger partial charge < -0.3 is 19.5 Å². The summed E-state index contributed by atoms with van der Waals surface area (Å²) in [5.74, 6) is -2.12. The first-order valence-corrected chi connectivity index (χ1v) is 11.0. The van der Waals surface area contributed by atoms with Crippen molar-refractivity contribution >= 4 is 33.3 Å². The Morgan fingerprint density at radius 2 is 2.00 bits per heavy atom. The van der Waals surface area contributed by atoms with Crippen LogP contribution in [-0.2, 0) is 24.2 Å². The zero-order chi connectivity index (χ0) is 23.2. The zero-order valence-electron chi connectivity index (χ0n) is 16.2. The summed E-state index contributed by atoms with van der Waals surface area (Å²) in [4.78, 5) is 25.1. The standard InChI is InChI=1S/C18H19ClF3NO7S/c1-17(7-29-8-17)16(26)23-6-11(5-13(23)15(24)25)31(27,28)14-3-2-10(4-12(14)19)30-9-18(20,21)22/h2-4,11,13H,5-9H2,1H3,(H,24,25)/t11-,13+/m1/s1. The Labute approximate surface area is 180 Å². The van der Waals surface area contributed by atoms with E-state index in [0.717, 1.165) is 23.1 Å². The largest absolute Gasteiger partial charge is 0.484 e. The molecule has 0 radical (unpaired) electrons. The fourth-order valence-electron chi connectivity index (χ4n) is 3.51. The number of carboxylic acids is 1. The van der Waals surface area contributed by atoms with Gasteiger partial charge in [-0.1, -0.05) is 11.6 Å². The van der Waals surface area contributed by atoms with Gasteiger partial charge in [0.15, 0.2) is 16.4 Å². The van der Waals surface area contributed by atoms with Gasteiger partial charge in [0.05, 0.1) is 33.8 Å². The van der Waals surface area contributed by atoms with Crippen LogP contribution in [0.15, 0.2) is 23.1 Å². The van der Waals surface area contributed by atoms with E-state index in [-0.39, 0.29) is 41.8 Å². The van der Waals surface area contributed by atoms with Gasteiger partial charge in [-0.3, -0.25) is 4.79 Å². The molecule has 31 heavy (non-hydrogen) atoms. The van der Waals surface area contributed by atoms with E-state index in [4.69, 9.17) is 16.3 Å². The van der Waals surface area contributed by atoms with Crippen LogP contribution in [-0.4, -0.2) is 74.1 Å². The topological polar surface area (TPSA) is 110 Å². The van der Waals surface area contributed by atoms with E-state index >= 15 is 0 Å². The number of hydrogen-bond donors (Lipinski definition) is 1. The monoisotopic (exact) mass is 485 g/mol. The highest BCUT2D eigenvalue weighted by Crippen LogP contribution is 2.37. The lowest BCUT2D eigenvalue weighted by atomic mass is 9.86. The van der Waals surface area contributed by atoms with Gasteiger partial charge in [-0.05, 0) is 25.5 Å². The Balaban J connectivity index is 1.83. The molecule has 0 aliphatic carbocycles. The van der Waals surface area contributed by atoms with Crippen molar-refractivity contribution in [2.45, 2.75) is 35.7 Å². The highest BCUT2D eigenvalue weighted by Gasteiger charge is 2.52. The number of rotatable bonds is 6. The van der Waals surface area contributed by atoms with Crippen LogP contribution in [0.25, 0.3) is 0 Å². The second kappa shape index (κ2) is 8.14. The lowest BCUT2D eigenvalue weighted by Gasteiger charge is -2.40. The minimum Gasteiger partial charge on any atom is -0.484 e. The molecule has 1 aromatic carbocycles. The number of hydrogen-bond acceptors (Lipinski definition) is 6. The van der Waals surface area contributed by atoms with E-state index in [1.165, 1.54) is 0 Å². The van der Waals surface area contributed by atoms with E-state index in [0.29, 0.717) is 0 Å². The molecule has 172 valence electrons. The second-order valence-corrected chi connectivity index (χ2v) is 10.4. The van der Waals surface area contributed by atoms with E-state index in [1.807, 2.05) is 0 Å². The quantitative estimate of drug-likeness (QED) is 0.657. The van der Waals surface area contributed by atoms with Crippen molar-refractivity contribution in [2.24, 2.45) is 5.41 Å². The van der Waals surface area contributed by atoms with Gasteiger partial charge in [0, 0.05) is 12.6 Å². The predicted octanol–water partition coefficient (Wildman–Crippen LogP) is 2.15. The highest BCUT2D eigenvalue weighted by atomic mass is 35.5. The molecule has 3 rings (SSSR count). The molecule has 0 unspecified atom stereocenters. The number of carbonyl (C=O) groups is 2. The maximum atomic E-state index is 13.1. The first-order valence-electron chi connectivity index (χ1n) is 9.09. The van der Waals surface area contributed by atoms with E-state index in [2.05, 4.69) is 4.74 Å². The normalized spacial score (nSPS) is 23.3. The smallest absolute Gasteiger partial charge is 0.422 e. The Morgan fingerprint density at radius 3 is 2.48 bits per heavy atom. The van der Waals surface area contributed by atoms with Crippen molar-refractivity contribution in [3.8, 4) is 5.75 Å². The summed E-state index contributed by atoms with van der Waals surface area (Å²) in [6.45, 7) is -0.0982. The maximum Gasteiger partial charge on any atom is 0.422 e. The van der Waals surface area contributed by atoms with Gasteiger partial charge in [-0.25, -0.2) is 13.2 Å². The number of benzene rings is 1. The number of ether oxygens (including phenoxy) is 2. The summed E-state index contributed by atoms with van der Waals surface area (Å²) >= 11 is 5.99. The molecule has 0 spiro atoms. The van der Waals surface area contributed by atoms with Crippen LogP contribution in [0, 0.1) is 5.41 Å². The molecule has 2 atom stereocenters. The average molecular weight is 486 g/mol. The Bertz CT molecular complexity index is 994. The van der Waals surface area contributed by atoms with Crippen molar-refractivity contribution in [2.75, 3.05) is 26.4 Å². The molecule has 0 bridgehead atoms. The molecule has 2 heterocycles. The second-order valence-electron chi connectivity index (χ2n) is 7.76. The lowest BCUT2D eigenvalue weighted by molar-refractivity contribution is -0.172. The van der Waals surface area contributed by atoms with Crippen LogP contribution in [0.1, 0.15) is 13.3 Å². The zero-order valence-corrected chi connectivity index (χ0v) is 17.8. The van der Waals surface area contributed by atoms with Gasteiger partial charge in [-0.15, -0.1) is 0 Å². The highest BCUT2D eigenvalue weighted by molar-refractivity contribution is 7.92. The third kappa shape index (κ3) is 4.75. The summed E-state index contributed by atoms with van der Waals surface area (Å²) < 4.78 is 72.6. The van der Waals surface area contributed by atoms with Gasteiger partial charge in [-0.2, -0.15) is 13.2 Å². The van der Waals surface area contributed by atoms with Crippen molar-refractivity contribution in [3.63, 3.8) is 0 Å². The van der Waals surface area contributed by atoms with Gasteiger partial charge in [0.25, 0.3) is 0 Å².